The third kappa shape index (κ3) is 9.80. The van der Waals surface area contributed by atoms with Crippen LogP contribution in [0.3, 0.4) is 0 Å². The van der Waals surface area contributed by atoms with Gasteiger partial charge in [-0.25, -0.2) is 0 Å². The molecule has 34 heavy (non-hydrogen) atoms. The van der Waals surface area contributed by atoms with E-state index in [9.17, 15) is 0 Å². The minimum atomic E-state index is -2.01. The summed E-state index contributed by atoms with van der Waals surface area (Å²) in [6, 6.07) is 32.3. The van der Waals surface area contributed by atoms with Gasteiger partial charge in [-0.3, -0.25) is 0 Å². The van der Waals surface area contributed by atoms with Crippen molar-refractivity contribution in [3.63, 3.8) is 0 Å². The molecule has 3 aromatic rings. The van der Waals surface area contributed by atoms with Crippen LogP contribution in [0.2, 0.25) is 39.3 Å². The summed E-state index contributed by atoms with van der Waals surface area (Å²) >= 11 is 6.89. The van der Waals surface area contributed by atoms with Crippen LogP contribution in [0.4, 0.5) is 0 Å². The fourth-order valence-corrected chi connectivity index (χ4v) is 39.6. The Bertz CT molecular complexity index is 876. The van der Waals surface area contributed by atoms with Gasteiger partial charge in [0.15, 0.2) is 0 Å². The van der Waals surface area contributed by atoms with Gasteiger partial charge in [0, 0.05) is 0 Å². The minimum absolute atomic E-state index is 0. The summed E-state index contributed by atoms with van der Waals surface area (Å²) in [4.78, 5) is 1.80. The second-order valence-corrected chi connectivity index (χ2v) is 34.6. The van der Waals surface area contributed by atoms with Crippen LogP contribution in [0.5, 0.6) is 0 Å². The summed E-state index contributed by atoms with van der Waals surface area (Å²) in [6.45, 7) is 21.6. The molecule has 0 aliphatic rings. The van der Waals surface area contributed by atoms with Gasteiger partial charge in [0.25, 0.3) is 0 Å². The molecule has 0 atom stereocenters. The molecule has 0 aliphatic carbocycles. The van der Waals surface area contributed by atoms with Gasteiger partial charge in [-0.15, -0.1) is 0 Å². The van der Waals surface area contributed by atoms with Gasteiger partial charge in [0.2, 0.25) is 0 Å². The van der Waals surface area contributed by atoms with Crippen molar-refractivity contribution in [1.82, 2.24) is 0 Å². The molecule has 0 radical (unpaired) electrons. The average molecular weight is 729 g/mol. The van der Waals surface area contributed by atoms with Crippen molar-refractivity contribution < 1.29 is 22.4 Å². The van der Waals surface area contributed by atoms with Gasteiger partial charge in [-0.1, -0.05) is 91.0 Å². The Kier molecular flexibility index (Phi) is 11.8. The van der Waals surface area contributed by atoms with Gasteiger partial charge < -0.3 is 0 Å². The first kappa shape index (κ1) is 32.0. The van der Waals surface area contributed by atoms with Crippen molar-refractivity contribution >= 4 is 57.2 Å². The fraction of sp³-hybridized carbons (Fsp3) is 0.321. The summed E-state index contributed by atoms with van der Waals surface area (Å²) in [6.07, 6.45) is 0. The second kappa shape index (κ2) is 12.5. The summed E-state index contributed by atoms with van der Waals surface area (Å²) in [5.74, 6) is -2.01. The largest absolute Gasteiger partial charge is 1.00 e. The SMILES string of the molecule is C[Si](C)(C)[C-]([Si](C)(C)C)P(C)(C)(C)Cl.[Au+].c1ccc(P(c2ccccc2)c2ccccc2)cc1. The standard InChI is InChI=1S/C18H15P.C10H27ClPSi2.Au/c1-4-10-16(11-5-1)19(17-12-6-2-7-13-17)18-14-8-3-9-15-18;1-12(2,3,11)10(13(4,5)6)14(7,8)9;/h1-15H;1-9H3;/q;-1;+1. The Hall–Kier alpha value is -0.0160. The third-order valence-electron chi connectivity index (χ3n) is 5.22. The number of rotatable bonds is 6. The van der Waals surface area contributed by atoms with E-state index < -0.39 is 30.0 Å². The zero-order valence-corrected chi connectivity index (χ0v) is 28.9. The van der Waals surface area contributed by atoms with Crippen molar-refractivity contribution in [2.24, 2.45) is 0 Å². The van der Waals surface area contributed by atoms with Gasteiger partial charge in [0.05, 0.1) is 0 Å². The van der Waals surface area contributed by atoms with E-state index in [1.54, 1.807) is 4.91 Å². The molecule has 0 saturated carbocycles. The van der Waals surface area contributed by atoms with Gasteiger partial charge in [-0.05, 0) is 23.8 Å². The first-order chi connectivity index (χ1) is 15.1. The Morgan fingerprint density at radius 2 is 0.794 bits per heavy atom. The van der Waals surface area contributed by atoms with Crippen LogP contribution in [0.1, 0.15) is 0 Å². The Morgan fingerprint density at radius 3 is 0.941 bits per heavy atom. The molecular formula is C28H42AuClP2Si2. The predicted molar refractivity (Wildman–Crippen MR) is 166 cm³/mol. The van der Waals surface area contributed by atoms with Crippen molar-refractivity contribution in [2.75, 3.05) is 20.0 Å². The van der Waals surface area contributed by atoms with Crippen LogP contribution in [0.15, 0.2) is 91.0 Å². The molecule has 0 unspecified atom stereocenters. The molecule has 0 N–H and O–H groups in total. The molecule has 0 heterocycles. The maximum atomic E-state index is 6.89. The second-order valence-electron chi connectivity index (χ2n) is 11.8. The van der Waals surface area contributed by atoms with E-state index in [4.69, 9.17) is 11.2 Å². The zero-order valence-electron chi connectivity index (χ0n) is 22.2. The molecule has 0 bridgehead atoms. The fourth-order valence-electron chi connectivity index (χ4n) is 5.57. The quantitative estimate of drug-likeness (QED) is 0.136. The molecule has 3 rings (SSSR count). The molecule has 3 aromatic carbocycles. The van der Waals surface area contributed by atoms with Gasteiger partial charge in [-0.2, -0.15) is 0 Å². The van der Waals surface area contributed by atoms with Crippen LogP contribution < -0.4 is 15.9 Å². The summed E-state index contributed by atoms with van der Waals surface area (Å²) < 4.78 is 0. The van der Waals surface area contributed by atoms with Crippen LogP contribution in [-0.2, 0) is 22.4 Å². The topological polar surface area (TPSA) is 0 Å². The van der Waals surface area contributed by atoms with E-state index >= 15 is 0 Å². The molecule has 0 fully saturated rings. The molecule has 0 aliphatic heterocycles. The number of hydrogen-bond acceptors (Lipinski definition) is 0. The van der Waals surface area contributed by atoms with E-state index in [1.807, 2.05) is 0 Å². The van der Waals surface area contributed by atoms with E-state index in [0.29, 0.717) is 0 Å². The van der Waals surface area contributed by atoms with Gasteiger partial charge in [0.1, 0.15) is 0 Å². The smallest absolute Gasteiger partial charge is 0.0622 e. The molecule has 0 amide bonds. The van der Waals surface area contributed by atoms with Crippen molar-refractivity contribution in [1.29, 1.82) is 0 Å². The van der Waals surface area contributed by atoms with Crippen molar-refractivity contribution in [2.45, 2.75) is 39.3 Å². The summed E-state index contributed by atoms with van der Waals surface area (Å²) in [7, 11) is -2.90. The van der Waals surface area contributed by atoms with E-state index in [0.717, 1.165) is 0 Å². The Balaban J connectivity index is 0.000000348. The van der Waals surface area contributed by atoms with Gasteiger partial charge >= 0.3 is 120 Å². The number of hydrogen-bond donors (Lipinski definition) is 0. The maximum absolute atomic E-state index is 6.89. The van der Waals surface area contributed by atoms with Crippen molar-refractivity contribution in [3.8, 4) is 0 Å². The molecule has 0 saturated heterocycles. The third-order valence-corrected chi connectivity index (χ3v) is 26.6. The molecule has 0 nitrogen and oxygen atoms in total. The van der Waals surface area contributed by atoms with Crippen molar-refractivity contribution in [3.05, 3.63) is 95.9 Å². The zero-order chi connectivity index (χ0) is 24.9. The summed E-state index contributed by atoms with van der Waals surface area (Å²) in [5, 5.41) is 4.19. The average Bonchev–Trinajstić information content (AvgIpc) is 2.67. The van der Waals surface area contributed by atoms with E-state index in [2.05, 4.69) is 150 Å². The normalized spacial score (nSPS) is 13.4. The van der Waals surface area contributed by atoms with Crippen LogP contribution in [0, 0.1) is 4.91 Å². The molecule has 6 heteroatoms. The van der Waals surface area contributed by atoms with Crippen LogP contribution in [-0.4, -0.2) is 36.1 Å². The Morgan fingerprint density at radius 1 is 0.559 bits per heavy atom. The molecule has 0 aromatic heterocycles. The van der Waals surface area contributed by atoms with E-state index in [1.165, 1.54) is 15.9 Å². The number of benzene rings is 3. The Labute approximate surface area is 233 Å². The minimum Gasteiger partial charge on any atom is -0.0622 e. The number of halogens is 1. The molecular weight excluding hydrogens is 687 g/mol. The van der Waals surface area contributed by atoms with E-state index in [-0.39, 0.29) is 22.4 Å². The molecule has 0 spiro atoms. The van der Waals surface area contributed by atoms with Crippen LogP contribution >= 0.6 is 25.1 Å². The maximum Gasteiger partial charge on any atom is 1.00 e. The molecule has 190 valence electrons. The first-order valence-electron chi connectivity index (χ1n) is 11.6. The summed E-state index contributed by atoms with van der Waals surface area (Å²) in [5.41, 5.74) is 0. The monoisotopic (exact) mass is 728 g/mol. The first-order valence-corrected chi connectivity index (χ1v) is 24.5. The predicted octanol–water partition coefficient (Wildman–Crippen LogP) is 8.31. The van der Waals surface area contributed by atoms with Crippen LogP contribution in [0.25, 0.3) is 0 Å².